The quantitative estimate of drug-likeness (QED) is 0.731. The van der Waals surface area contributed by atoms with Crippen molar-refractivity contribution in [3.8, 4) is 11.5 Å². The van der Waals surface area contributed by atoms with Crippen LogP contribution in [0, 0.1) is 6.92 Å². The first-order valence-electron chi connectivity index (χ1n) is 7.61. The summed E-state index contributed by atoms with van der Waals surface area (Å²) >= 11 is 0. The molecule has 2 nitrogen and oxygen atoms in total. The van der Waals surface area contributed by atoms with Gasteiger partial charge in [-0.3, -0.25) is 0 Å². The molecule has 19 heavy (non-hydrogen) atoms. The summed E-state index contributed by atoms with van der Waals surface area (Å²) in [5, 5.41) is 10.4. The van der Waals surface area contributed by atoms with Gasteiger partial charge in [0.25, 0.3) is 0 Å². The molecule has 1 aromatic rings. The number of hydrogen-bond donors (Lipinski definition) is 1. The van der Waals surface area contributed by atoms with Gasteiger partial charge in [0.2, 0.25) is 0 Å². The van der Waals surface area contributed by atoms with Crippen molar-refractivity contribution >= 4 is 0 Å². The smallest absolute Gasteiger partial charge is 0.126 e. The van der Waals surface area contributed by atoms with Crippen molar-refractivity contribution in [3.05, 3.63) is 22.3 Å². The Bertz CT molecular complexity index is 422. The van der Waals surface area contributed by atoms with Gasteiger partial charge in [0.05, 0.1) is 6.61 Å². The van der Waals surface area contributed by atoms with Crippen LogP contribution in [0.5, 0.6) is 11.5 Å². The zero-order valence-corrected chi connectivity index (χ0v) is 13.1. The van der Waals surface area contributed by atoms with Gasteiger partial charge in [-0.15, -0.1) is 0 Å². The molecule has 108 valence electrons. The van der Waals surface area contributed by atoms with E-state index in [0.29, 0.717) is 5.75 Å². The third-order valence-corrected chi connectivity index (χ3v) is 3.81. The highest BCUT2D eigenvalue weighted by atomic mass is 16.5. The van der Waals surface area contributed by atoms with E-state index in [0.717, 1.165) is 55.6 Å². The monoisotopic (exact) mass is 264 g/mol. The molecule has 0 amide bonds. The Kier molecular flexibility index (Phi) is 6.20. The van der Waals surface area contributed by atoms with Crippen LogP contribution >= 0.6 is 0 Å². The summed E-state index contributed by atoms with van der Waals surface area (Å²) < 4.78 is 6.06. The van der Waals surface area contributed by atoms with Gasteiger partial charge in [-0.1, -0.05) is 34.1 Å². The lowest BCUT2D eigenvalue weighted by molar-refractivity contribution is 0.302. The van der Waals surface area contributed by atoms with Crippen LogP contribution in [0.4, 0.5) is 0 Å². The molecule has 1 rings (SSSR count). The van der Waals surface area contributed by atoms with E-state index >= 15 is 0 Å². The number of phenolic OH excluding ortho intramolecular Hbond substituents is 1. The van der Waals surface area contributed by atoms with Crippen LogP contribution in [0.25, 0.3) is 0 Å². The molecule has 0 aliphatic rings. The number of hydrogen-bond acceptors (Lipinski definition) is 2. The number of phenols is 1. The SMILES string of the molecule is CCCCOc1c(CC)c(C)c(O)c(CC)c1CC. The predicted octanol–water partition coefficient (Wildman–Crippen LogP) is 4.57. The van der Waals surface area contributed by atoms with E-state index in [1.165, 1.54) is 11.1 Å². The molecule has 0 aliphatic carbocycles. The number of aromatic hydroxyl groups is 1. The topological polar surface area (TPSA) is 29.5 Å². The zero-order chi connectivity index (χ0) is 14.4. The normalized spacial score (nSPS) is 10.8. The van der Waals surface area contributed by atoms with Crippen LogP contribution < -0.4 is 4.74 Å². The fourth-order valence-electron chi connectivity index (χ4n) is 2.67. The van der Waals surface area contributed by atoms with Crippen molar-refractivity contribution in [2.75, 3.05) is 6.61 Å². The molecule has 0 atom stereocenters. The molecule has 1 aromatic carbocycles. The summed E-state index contributed by atoms with van der Waals surface area (Å²) in [4.78, 5) is 0. The van der Waals surface area contributed by atoms with Crippen LogP contribution in [0.15, 0.2) is 0 Å². The second-order valence-electron chi connectivity index (χ2n) is 5.00. The molecule has 1 N–H and O–H groups in total. The van der Waals surface area contributed by atoms with E-state index in [2.05, 4.69) is 27.7 Å². The highest BCUT2D eigenvalue weighted by molar-refractivity contribution is 5.58. The third kappa shape index (κ3) is 3.23. The standard InChI is InChI=1S/C17H28O2/c1-6-10-11-19-17-13(7-2)12(5)16(18)14(8-3)15(17)9-4/h18H,6-11H2,1-5H3. The maximum absolute atomic E-state index is 10.4. The molecule has 0 saturated carbocycles. The molecule has 0 spiro atoms. The fourth-order valence-corrected chi connectivity index (χ4v) is 2.67. The number of unbranched alkanes of at least 4 members (excludes halogenated alkanes) is 1. The lowest BCUT2D eigenvalue weighted by atomic mass is 9.92. The molecule has 0 radical (unpaired) electrons. The maximum atomic E-state index is 10.4. The Labute approximate surface area is 117 Å². The second kappa shape index (κ2) is 7.42. The minimum Gasteiger partial charge on any atom is -0.507 e. The molecule has 0 fully saturated rings. The minimum atomic E-state index is 0.471. The number of rotatable bonds is 7. The molecule has 0 aliphatic heterocycles. The lowest BCUT2D eigenvalue weighted by Gasteiger charge is -2.21. The first-order valence-corrected chi connectivity index (χ1v) is 7.61. The van der Waals surface area contributed by atoms with Crippen molar-refractivity contribution in [3.63, 3.8) is 0 Å². The van der Waals surface area contributed by atoms with Crippen molar-refractivity contribution in [2.24, 2.45) is 0 Å². The van der Waals surface area contributed by atoms with Gasteiger partial charge in [-0.2, -0.15) is 0 Å². The number of benzene rings is 1. The summed E-state index contributed by atoms with van der Waals surface area (Å²) in [5.41, 5.74) is 4.41. The highest BCUT2D eigenvalue weighted by Gasteiger charge is 2.19. The first-order chi connectivity index (χ1) is 9.12. The second-order valence-corrected chi connectivity index (χ2v) is 5.00. The molecule has 0 heterocycles. The minimum absolute atomic E-state index is 0.471. The van der Waals surface area contributed by atoms with Gasteiger partial charge in [-0.05, 0) is 38.2 Å². The molecule has 0 bridgehead atoms. The van der Waals surface area contributed by atoms with Gasteiger partial charge in [0.1, 0.15) is 11.5 Å². The van der Waals surface area contributed by atoms with Gasteiger partial charge in [0, 0.05) is 16.7 Å². The average molecular weight is 264 g/mol. The molecule has 2 heteroatoms. The Morgan fingerprint density at radius 3 is 1.95 bits per heavy atom. The van der Waals surface area contributed by atoms with E-state index in [4.69, 9.17) is 4.74 Å². The first kappa shape index (κ1) is 15.9. The number of ether oxygens (including phenoxy) is 1. The van der Waals surface area contributed by atoms with Crippen molar-refractivity contribution in [1.29, 1.82) is 0 Å². The van der Waals surface area contributed by atoms with Crippen LogP contribution in [0.2, 0.25) is 0 Å². The molecular formula is C17H28O2. The maximum Gasteiger partial charge on any atom is 0.126 e. The molecule has 0 saturated heterocycles. The summed E-state index contributed by atoms with van der Waals surface area (Å²) in [6.07, 6.45) is 4.88. The third-order valence-electron chi connectivity index (χ3n) is 3.81. The Morgan fingerprint density at radius 2 is 1.47 bits per heavy atom. The summed E-state index contributed by atoms with van der Waals surface area (Å²) in [7, 11) is 0. The Hall–Kier alpha value is -1.18. The van der Waals surface area contributed by atoms with E-state index in [1.54, 1.807) is 0 Å². The van der Waals surface area contributed by atoms with Gasteiger partial charge < -0.3 is 9.84 Å². The summed E-state index contributed by atoms with van der Waals surface area (Å²) in [5.74, 6) is 1.50. The molecule has 0 unspecified atom stereocenters. The summed E-state index contributed by atoms with van der Waals surface area (Å²) in [6.45, 7) is 11.3. The Balaban J connectivity index is 3.33. The highest BCUT2D eigenvalue weighted by Crippen LogP contribution is 2.39. The zero-order valence-electron chi connectivity index (χ0n) is 13.1. The fraction of sp³-hybridized carbons (Fsp3) is 0.647. The lowest BCUT2D eigenvalue weighted by Crippen LogP contribution is -2.07. The van der Waals surface area contributed by atoms with Gasteiger partial charge >= 0.3 is 0 Å². The average Bonchev–Trinajstić information content (AvgIpc) is 2.42. The van der Waals surface area contributed by atoms with E-state index in [1.807, 2.05) is 6.92 Å². The van der Waals surface area contributed by atoms with Crippen molar-refractivity contribution < 1.29 is 9.84 Å². The van der Waals surface area contributed by atoms with Gasteiger partial charge in [-0.25, -0.2) is 0 Å². The van der Waals surface area contributed by atoms with E-state index in [-0.39, 0.29) is 0 Å². The largest absolute Gasteiger partial charge is 0.507 e. The Morgan fingerprint density at radius 1 is 0.895 bits per heavy atom. The van der Waals surface area contributed by atoms with E-state index in [9.17, 15) is 5.11 Å². The van der Waals surface area contributed by atoms with Crippen LogP contribution in [-0.2, 0) is 19.3 Å². The van der Waals surface area contributed by atoms with Crippen LogP contribution in [0.1, 0.15) is 62.8 Å². The molecule has 0 aromatic heterocycles. The van der Waals surface area contributed by atoms with Gasteiger partial charge in [0.15, 0.2) is 0 Å². The van der Waals surface area contributed by atoms with Crippen molar-refractivity contribution in [2.45, 2.75) is 66.7 Å². The van der Waals surface area contributed by atoms with Crippen molar-refractivity contribution in [1.82, 2.24) is 0 Å². The van der Waals surface area contributed by atoms with E-state index < -0.39 is 0 Å². The summed E-state index contributed by atoms with van der Waals surface area (Å²) in [6, 6.07) is 0. The van der Waals surface area contributed by atoms with Crippen LogP contribution in [-0.4, -0.2) is 11.7 Å². The molecular weight excluding hydrogens is 236 g/mol. The predicted molar refractivity (Wildman–Crippen MR) is 81.4 cm³/mol. The van der Waals surface area contributed by atoms with Crippen LogP contribution in [0.3, 0.4) is 0 Å².